The molecule has 1 aromatic rings. The van der Waals surface area contributed by atoms with Gasteiger partial charge in [0.05, 0.1) is 31.1 Å². The number of morpholine rings is 1. The quantitative estimate of drug-likeness (QED) is 0.882. The Hall–Kier alpha value is -1.92. The Balaban J connectivity index is 1.83. The molecule has 1 N–H and O–H groups in total. The molecule has 2 heterocycles. The fourth-order valence-electron chi connectivity index (χ4n) is 2.80. The molecule has 0 aliphatic carbocycles. The summed E-state index contributed by atoms with van der Waals surface area (Å²) in [6, 6.07) is 3.90. The van der Waals surface area contributed by atoms with Crippen LogP contribution in [0.5, 0.6) is 0 Å². The van der Waals surface area contributed by atoms with Crippen molar-refractivity contribution in [2.45, 2.75) is 13.8 Å². The summed E-state index contributed by atoms with van der Waals surface area (Å²) in [4.78, 5) is 28.2. The molecule has 118 valence electrons. The lowest BCUT2D eigenvalue weighted by atomic mass is 10.1. The summed E-state index contributed by atoms with van der Waals surface area (Å²) >= 11 is 0. The topological polar surface area (TPSA) is 61.9 Å². The van der Waals surface area contributed by atoms with Gasteiger partial charge in [-0.3, -0.25) is 19.4 Å². The van der Waals surface area contributed by atoms with E-state index in [1.54, 1.807) is 4.90 Å². The van der Waals surface area contributed by atoms with E-state index in [4.69, 9.17) is 4.74 Å². The average Bonchev–Trinajstić information content (AvgIpc) is 2.49. The molecule has 2 aliphatic heterocycles. The molecule has 0 atom stereocenters. The fraction of sp³-hybridized carbons (Fsp3) is 0.500. The van der Waals surface area contributed by atoms with Crippen molar-refractivity contribution >= 4 is 23.2 Å². The maximum Gasteiger partial charge on any atom is 0.244 e. The standard InChI is InChI=1S/C16H21N3O3/c1-11-7-13-14(8-12(11)2)19(9-15(20)17-13)16(21)10-18-3-5-22-6-4-18/h7-8H,3-6,9-10H2,1-2H3,(H,17,20). The molecule has 0 radical (unpaired) electrons. The lowest BCUT2D eigenvalue weighted by Gasteiger charge is -2.33. The van der Waals surface area contributed by atoms with Crippen molar-refractivity contribution < 1.29 is 14.3 Å². The number of anilines is 2. The van der Waals surface area contributed by atoms with E-state index >= 15 is 0 Å². The number of carbonyl (C=O) groups excluding carboxylic acids is 2. The number of nitrogens with zero attached hydrogens (tertiary/aromatic N) is 2. The second-order valence-electron chi connectivity index (χ2n) is 5.87. The lowest BCUT2D eigenvalue weighted by molar-refractivity contribution is -0.123. The van der Waals surface area contributed by atoms with Crippen molar-refractivity contribution in [3.8, 4) is 0 Å². The van der Waals surface area contributed by atoms with E-state index in [2.05, 4.69) is 10.2 Å². The summed E-state index contributed by atoms with van der Waals surface area (Å²) < 4.78 is 5.30. The number of aryl methyl sites for hydroxylation is 2. The zero-order chi connectivity index (χ0) is 15.7. The Bertz CT molecular complexity index is 609. The van der Waals surface area contributed by atoms with Gasteiger partial charge in [-0.1, -0.05) is 0 Å². The summed E-state index contributed by atoms with van der Waals surface area (Å²) in [5, 5.41) is 2.85. The maximum absolute atomic E-state index is 12.6. The molecule has 2 aliphatic rings. The molecule has 0 unspecified atom stereocenters. The molecule has 0 aromatic heterocycles. The van der Waals surface area contributed by atoms with Gasteiger partial charge in [-0.25, -0.2) is 0 Å². The maximum atomic E-state index is 12.6. The summed E-state index contributed by atoms with van der Waals surface area (Å²) in [5.41, 5.74) is 3.72. The van der Waals surface area contributed by atoms with Gasteiger partial charge in [0.25, 0.3) is 0 Å². The van der Waals surface area contributed by atoms with E-state index < -0.39 is 0 Å². The van der Waals surface area contributed by atoms with Crippen molar-refractivity contribution in [2.75, 3.05) is 49.6 Å². The van der Waals surface area contributed by atoms with Gasteiger partial charge in [-0.15, -0.1) is 0 Å². The average molecular weight is 303 g/mol. The molecular formula is C16H21N3O3. The van der Waals surface area contributed by atoms with Crippen LogP contribution < -0.4 is 10.2 Å². The number of amides is 2. The zero-order valence-corrected chi connectivity index (χ0v) is 13.0. The van der Waals surface area contributed by atoms with Crippen LogP contribution in [0.15, 0.2) is 12.1 Å². The number of hydrogen-bond acceptors (Lipinski definition) is 4. The Morgan fingerprint density at radius 3 is 2.64 bits per heavy atom. The van der Waals surface area contributed by atoms with Crippen LogP contribution in [0.25, 0.3) is 0 Å². The molecule has 1 saturated heterocycles. The van der Waals surface area contributed by atoms with Crippen LogP contribution in [0.3, 0.4) is 0 Å². The first-order chi connectivity index (χ1) is 10.5. The lowest BCUT2D eigenvalue weighted by Crippen LogP contribution is -2.48. The van der Waals surface area contributed by atoms with Crippen LogP contribution in [-0.2, 0) is 14.3 Å². The monoisotopic (exact) mass is 303 g/mol. The zero-order valence-electron chi connectivity index (χ0n) is 13.0. The first-order valence-electron chi connectivity index (χ1n) is 7.56. The molecule has 0 bridgehead atoms. The van der Waals surface area contributed by atoms with Crippen LogP contribution in [0.2, 0.25) is 0 Å². The highest BCUT2D eigenvalue weighted by atomic mass is 16.5. The number of carbonyl (C=O) groups is 2. The SMILES string of the molecule is Cc1cc2c(cc1C)N(C(=O)CN1CCOCC1)CC(=O)N2. The number of hydrogen-bond donors (Lipinski definition) is 1. The minimum absolute atomic E-state index is 0.0405. The highest BCUT2D eigenvalue weighted by Crippen LogP contribution is 2.32. The second kappa shape index (κ2) is 6.06. The fourth-order valence-corrected chi connectivity index (χ4v) is 2.80. The van der Waals surface area contributed by atoms with Crippen LogP contribution in [-0.4, -0.2) is 56.1 Å². The Kier molecular flexibility index (Phi) is 4.13. The van der Waals surface area contributed by atoms with Crippen molar-refractivity contribution in [3.05, 3.63) is 23.3 Å². The molecule has 0 spiro atoms. The molecule has 6 heteroatoms. The van der Waals surface area contributed by atoms with E-state index in [1.807, 2.05) is 26.0 Å². The third kappa shape index (κ3) is 2.98. The minimum Gasteiger partial charge on any atom is -0.379 e. The predicted molar refractivity (Wildman–Crippen MR) is 84.2 cm³/mol. The van der Waals surface area contributed by atoms with E-state index in [9.17, 15) is 9.59 Å². The highest BCUT2D eigenvalue weighted by molar-refractivity contribution is 6.10. The number of ether oxygens (including phenoxy) is 1. The number of nitrogens with one attached hydrogen (secondary N) is 1. The Morgan fingerprint density at radius 1 is 1.23 bits per heavy atom. The van der Waals surface area contributed by atoms with E-state index in [-0.39, 0.29) is 18.4 Å². The van der Waals surface area contributed by atoms with Crippen molar-refractivity contribution in [1.82, 2.24) is 4.90 Å². The first kappa shape index (κ1) is 15.0. The van der Waals surface area contributed by atoms with Gasteiger partial charge in [0.1, 0.15) is 6.54 Å². The number of rotatable bonds is 2. The van der Waals surface area contributed by atoms with Crippen molar-refractivity contribution in [3.63, 3.8) is 0 Å². The molecule has 1 fully saturated rings. The second-order valence-corrected chi connectivity index (χ2v) is 5.87. The molecule has 22 heavy (non-hydrogen) atoms. The molecule has 1 aromatic carbocycles. The van der Waals surface area contributed by atoms with Gasteiger partial charge in [-0.05, 0) is 37.1 Å². The highest BCUT2D eigenvalue weighted by Gasteiger charge is 2.28. The van der Waals surface area contributed by atoms with Crippen LogP contribution in [0, 0.1) is 13.8 Å². The third-order valence-corrected chi connectivity index (χ3v) is 4.24. The van der Waals surface area contributed by atoms with Crippen LogP contribution >= 0.6 is 0 Å². The summed E-state index contributed by atoms with van der Waals surface area (Å²) in [6.07, 6.45) is 0. The van der Waals surface area contributed by atoms with Gasteiger partial charge >= 0.3 is 0 Å². The van der Waals surface area contributed by atoms with Gasteiger partial charge < -0.3 is 10.1 Å². The summed E-state index contributed by atoms with van der Waals surface area (Å²) in [7, 11) is 0. The number of benzene rings is 1. The van der Waals surface area contributed by atoms with Crippen molar-refractivity contribution in [1.29, 1.82) is 0 Å². The van der Waals surface area contributed by atoms with Gasteiger partial charge in [-0.2, -0.15) is 0 Å². The third-order valence-electron chi connectivity index (χ3n) is 4.24. The van der Waals surface area contributed by atoms with Crippen molar-refractivity contribution in [2.24, 2.45) is 0 Å². The van der Waals surface area contributed by atoms with Crippen LogP contribution in [0.4, 0.5) is 11.4 Å². The Morgan fingerprint density at radius 2 is 1.91 bits per heavy atom. The molecule has 2 amide bonds. The van der Waals surface area contributed by atoms with E-state index in [0.29, 0.717) is 19.8 Å². The van der Waals surface area contributed by atoms with Gasteiger partial charge in [0.15, 0.2) is 0 Å². The molecular weight excluding hydrogens is 282 g/mol. The summed E-state index contributed by atoms with van der Waals surface area (Å²) in [6.45, 7) is 7.23. The van der Waals surface area contributed by atoms with Gasteiger partial charge in [0.2, 0.25) is 11.8 Å². The predicted octanol–water partition coefficient (Wildman–Crippen LogP) is 0.921. The van der Waals surface area contributed by atoms with Gasteiger partial charge in [0, 0.05) is 13.1 Å². The Labute approximate surface area is 130 Å². The number of fused-ring (bicyclic) bond motifs is 1. The summed E-state index contributed by atoms with van der Waals surface area (Å²) in [5.74, 6) is -0.188. The molecule has 0 saturated carbocycles. The smallest absolute Gasteiger partial charge is 0.244 e. The van der Waals surface area contributed by atoms with E-state index in [1.165, 1.54) is 0 Å². The normalized spacial score (nSPS) is 18.8. The first-order valence-corrected chi connectivity index (χ1v) is 7.56. The minimum atomic E-state index is -0.147. The van der Waals surface area contributed by atoms with Crippen LogP contribution in [0.1, 0.15) is 11.1 Å². The molecule has 3 rings (SSSR count). The molecule has 6 nitrogen and oxygen atoms in total. The largest absolute Gasteiger partial charge is 0.379 e. The van der Waals surface area contributed by atoms with E-state index in [0.717, 1.165) is 35.6 Å².